The highest BCUT2D eigenvalue weighted by atomic mass is 35.5. The third-order valence-corrected chi connectivity index (χ3v) is 7.04. The molecule has 1 aromatic carbocycles. The van der Waals surface area contributed by atoms with Crippen LogP contribution in [0.15, 0.2) is 36.5 Å². The maximum atomic E-state index is 12.9. The Morgan fingerprint density at radius 2 is 1.82 bits per heavy atom. The van der Waals surface area contributed by atoms with Crippen LogP contribution in [0.5, 0.6) is 0 Å². The standard InChI is InChI=1S/C25H33ClN6O/c1-5-9-18(2)21-28-22(30-12-14-31(15-13-30)24(33)25(3,4)17-26)20-16-27-32(23(20)29-21)19-10-7-6-8-11-19/h6-8,10-11,16,18H,5,9,12-15,17H2,1-4H3/t18-/m0/s1. The maximum Gasteiger partial charge on any atom is 0.229 e. The van der Waals surface area contributed by atoms with Gasteiger partial charge >= 0.3 is 0 Å². The van der Waals surface area contributed by atoms with Crippen molar-refractivity contribution in [2.75, 3.05) is 37.0 Å². The first-order chi connectivity index (χ1) is 15.9. The number of halogens is 1. The van der Waals surface area contributed by atoms with Gasteiger partial charge < -0.3 is 9.80 Å². The van der Waals surface area contributed by atoms with Crippen LogP contribution in [0.4, 0.5) is 5.82 Å². The molecule has 1 amide bonds. The molecule has 0 radical (unpaired) electrons. The van der Waals surface area contributed by atoms with E-state index in [9.17, 15) is 4.79 Å². The minimum absolute atomic E-state index is 0.110. The number of hydrogen-bond donors (Lipinski definition) is 0. The quantitative estimate of drug-likeness (QED) is 0.473. The van der Waals surface area contributed by atoms with Crippen molar-refractivity contribution >= 4 is 34.4 Å². The van der Waals surface area contributed by atoms with Gasteiger partial charge in [0, 0.05) is 38.0 Å². The molecule has 0 unspecified atom stereocenters. The number of rotatable bonds is 7. The third-order valence-electron chi connectivity index (χ3n) is 6.37. The zero-order valence-electron chi connectivity index (χ0n) is 20.0. The fourth-order valence-corrected chi connectivity index (χ4v) is 4.41. The van der Waals surface area contributed by atoms with Gasteiger partial charge in [0.25, 0.3) is 0 Å². The molecule has 1 fully saturated rings. The van der Waals surface area contributed by atoms with Gasteiger partial charge in [-0.1, -0.05) is 38.5 Å². The van der Waals surface area contributed by atoms with Gasteiger partial charge in [0.1, 0.15) is 11.6 Å². The Morgan fingerprint density at radius 1 is 1.12 bits per heavy atom. The number of fused-ring (bicyclic) bond motifs is 1. The van der Waals surface area contributed by atoms with Gasteiger partial charge in [0.2, 0.25) is 5.91 Å². The van der Waals surface area contributed by atoms with Gasteiger partial charge in [-0.3, -0.25) is 4.79 Å². The van der Waals surface area contributed by atoms with Gasteiger partial charge in [-0.2, -0.15) is 5.10 Å². The molecule has 0 spiro atoms. The Bertz CT molecular complexity index is 1100. The lowest BCUT2D eigenvalue weighted by Crippen LogP contribution is -2.52. The predicted octanol–water partition coefficient (Wildman–Crippen LogP) is 4.63. The van der Waals surface area contributed by atoms with Gasteiger partial charge in [-0.05, 0) is 32.4 Å². The second-order valence-corrected chi connectivity index (χ2v) is 9.79. The molecule has 33 heavy (non-hydrogen) atoms. The van der Waals surface area contributed by atoms with E-state index in [1.165, 1.54) is 0 Å². The van der Waals surface area contributed by atoms with Crippen molar-refractivity contribution in [3.63, 3.8) is 0 Å². The first kappa shape index (κ1) is 23.5. The predicted molar refractivity (Wildman–Crippen MR) is 133 cm³/mol. The summed E-state index contributed by atoms with van der Waals surface area (Å²) in [4.78, 5) is 27.0. The highest BCUT2D eigenvalue weighted by Crippen LogP contribution is 2.30. The topological polar surface area (TPSA) is 67.2 Å². The van der Waals surface area contributed by atoms with Gasteiger partial charge in [0.15, 0.2) is 5.65 Å². The normalized spacial score (nSPS) is 15.8. The van der Waals surface area contributed by atoms with Crippen LogP contribution in [-0.4, -0.2) is 62.6 Å². The van der Waals surface area contributed by atoms with Crippen LogP contribution in [0.2, 0.25) is 0 Å². The van der Waals surface area contributed by atoms with Crippen molar-refractivity contribution in [3.8, 4) is 5.69 Å². The average Bonchev–Trinajstić information content (AvgIpc) is 3.28. The molecular formula is C25H33ClN6O. The number of anilines is 1. The lowest BCUT2D eigenvalue weighted by molar-refractivity contribution is -0.139. The minimum Gasteiger partial charge on any atom is -0.352 e. The fourth-order valence-electron chi connectivity index (χ4n) is 4.30. The number of aromatic nitrogens is 4. The van der Waals surface area contributed by atoms with Crippen molar-refractivity contribution < 1.29 is 4.79 Å². The minimum atomic E-state index is -0.550. The first-order valence-electron chi connectivity index (χ1n) is 11.8. The molecule has 3 heterocycles. The summed E-state index contributed by atoms with van der Waals surface area (Å²) < 4.78 is 1.89. The number of piperazine rings is 1. The number of para-hydroxylation sites is 1. The maximum absolute atomic E-state index is 12.9. The first-order valence-corrected chi connectivity index (χ1v) is 12.3. The van der Waals surface area contributed by atoms with E-state index in [4.69, 9.17) is 21.6 Å². The molecule has 1 saturated heterocycles. The van der Waals surface area contributed by atoms with Crippen molar-refractivity contribution in [2.24, 2.45) is 5.41 Å². The molecule has 1 atom stereocenters. The molecule has 1 aliphatic heterocycles. The number of nitrogens with zero attached hydrogens (tertiary/aromatic N) is 6. The smallest absolute Gasteiger partial charge is 0.229 e. The van der Waals surface area contributed by atoms with Crippen LogP contribution < -0.4 is 4.90 Å². The van der Waals surface area contributed by atoms with E-state index in [0.717, 1.165) is 41.2 Å². The number of amides is 1. The van der Waals surface area contributed by atoms with E-state index in [2.05, 4.69) is 23.8 Å². The Hall–Kier alpha value is -2.67. The third kappa shape index (κ3) is 4.69. The molecule has 0 bridgehead atoms. The molecule has 7 nitrogen and oxygen atoms in total. The Balaban J connectivity index is 1.69. The van der Waals surface area contributed by atoms with Crippen molar-refractivity contribution in [2.45, 2.75) is 46.5 Å². The highest BCUT2D eigenvalue weighted by molar-refractivity contribution is 6.19. The van der Waals surface area contributed by atoms with E-state index in [0.29, 0.717) is 32.1 Å². The molecule has 3 aromatic rings. The largest absolute Gasteiger partial charge is 0.352 e. The zero-order valence-corrected chi connectivity index (χ0v) is 20.7. The molecule has 0 N–H and O–H groups in total. The van der Waals surface area contributed by atoms with Crippen LogP contribution in [0.3, 0.4) is 0 Å². The Morgan fingerprint density at radius 3 is 2.45 bits per heavy atom. The summed E-state index contributed by atoms with van der Waals surface area (Å²) in [6, 6.07) is 10.1. The van der Waals surface area contributed by atoms with E-state index >= 15 is 0 Å². The van der Waals surface area contributed by atoms with Gasteiger partial charge in [-0.15, -0.1) is 11.6 Å². The zero-order chi connectivity index (χ0) is 23.6. The van der Waals surface area contributed by atoms with Crippen LogP contribution in [-0.2, 0) is 4.79 Å². The van der Waals surface area contributed by atoms with E-state index in [1.54, 1.807) is 0 Å². The van der Waals surface area contributed by atoms with Crippen LogP contribution in [0.1, 0.15) is 52.3 Å². The highest BCUT2D eigenvalue weighted by Gasteiger charge is 2.33. The van der Waals surface area contributed by atoms with Crippen LogP contribution in [0, 0.1) is 5.41 Å². The number of alkyl halides is 1. The van der Waals surface area contributed by atoms with E-state index < -0.39 is 5.41 Å². The molecule has 0 saturated carbocycles. The van der Waals surface area contributed by atoms with Gasteiger partial charge in [0.05, 0.1) is 22.7 Å². The van der Waals surface area contributed by atoms with Crippen LogP contribution >= 0.6 is 11.6 Å². The number of carbonyl (C=O) groups excluding carboxylic acids is 1. The molecule has 4 rings (SSSR count). The summed E-state index contributed by atoms with van der Waals surface area (Å²) in [5.74, 6) is 2.43. The van der Waals surface area contributed by atoms with Gasteiger partial charge in [-0.25, -0.2) is 14.6 Å². The van der Waals surface area contributed by atoms with Crippen LogP contribution in [0.25, 0.3) is 16.7 Å². The summed E-state index contributed by atoms with van der Waals surface area (Å²) in [6.07, 6.45) is 3.97. The van der Waals surface area contributed by atoms with Crippen molar-refractivity contribution in [3.05, 3.63) is 42.4 Å². The summed E-state index contributed by atoms with van der Waals surface area (Å²) in [5, 5.41) is 5.60. The number of hydrogen-bond acceptors (Lipinski definition) is 5. The average molecular weight is 469 g/mol. The second kappa shape index (κ2) is 9.67. The summed E-state index contributed by atoms with van der Waals surface area (Å²) in [5.41, 5.74) is 1.25. The van der Waals surface area contributed by atoms with E-state index in [-0.39, 0.29) is 11.8 Å². The number of carbonyl (C=O) groups is 1. The number of benzene rings is 1. The summed E-state index contributed by atoms with van der Waals surface area (Å²) in [7, 11) is 0. The SMILES string of the molecule is CCC[C@H](C)c1nc(N2CCN(C(=O)C(C)(C)CCl)CC2)c2cnn(-c3ccccc3)c2n1. The molecule has 1 aliphatic rings. The molecule has 8 heteroatoms. The fraction of sp³-hybridized carbons (Fsp3) is 0.520. The van der Waals surface area contributed by atoms with E-state index in [1.807, 2.05) is 60.0 Å². The summed E-state index contributed by atoms with van der Waals surface area (Å²) >= 11 is 6.04. The van der Waals surface area contributed by atoms with Crippen molar-refractivity contribution in [1.29, 1.82) is 0 Å². The Kier molecular flexibility index (Phi) is 6.88. The molecule has 2 aromatic heterocycles. The summed E-state index contributed by atoms with van der Waals surface area (Å²) in [6.45, 7) is 10.9. The lowest BCUT2D eigenvalue weighted by atomic mass is 9.94. The molecular weight excluding hydrogens is 436 g/mol. The molecule has 0 aliphatic carbocycles. The Labute approximate surface area is 200 Å². The van der Waals surface area contributed by atoms with Crippen molar-refractivity contribution in [1.82, 2.24) is 24.6 Å². The monoisotopic (exact) mass is 468 g/mol. The second-order valence-electron chi connectivity index (χ2n) is 9.52. The molecule has 176 valence electrons. The lowest BCUT2D eigenvalue weighted by Gasteiger charge is -2.38.